The van der Waals surface area contributed by atoms with E-state index in [2.05, 4.69) is 26.6 Å². The number of amides is 2. The Kier molecular flexibility index (Phi) is 8.18. The molecule has 0 aliphatic heterocycles. The number of ether oxygens (including phenoxy) is 2. The molecule has 0 radical (unpaired) electrons. The van der Waals surface area contributed by atoms with Gasteiger partial charge in [0.2, 0.25) is 5.91 Å². The normalized spacial score (nSPS) is 17.5. The van der Waals surface area contributed by atoms with E-state index in [4.69, 9.17) is 9.47 Å². The zero-order valence-corrected chi connectivity index (χ0v) is 17.0. The van der Waals surface area contributed by atoms with Gasteiger partial charge in [-0.05, 0) is 47.0 Å². The number of halogens is 1. The van der Waals surface area contributed by atoms with Crippen LogP contribution in [0.3, 0.4) is 0 Å². The summed E-state index contributed by atoms with van der Waals surface area (Å²) in [4.78, 5) is 37.0. The highest BCUT2D eigenvalue weighted by molar-refractivity contribution is 9.09. The van der Waals surface area contributed by atoms with Crippen LogP contribution in [0.1, 0.15) is 59.8 Å². The summed E-state index contributed by atoms with van der Waals surface area (Å²) in [5, 5.41) is 6.01. The fraction of sp³-hybridized carbons (Fsp3) is 0.824. The summed E-state index contributed by atoms with van der Waals surface area (Å²) in [7, 11) is 0. The van der Waals surface area contributed by atoms with Crippen molar-refractivity contribution in [3.05, 3.63) is 0 Å². The molecule has 0 bridgehead atoms. The average Bonchev–Trinajstić information content (AvgIpc) is 2.94. The number of carbonyl (C=O) groups excluding carboxylic acids is 3. The third-order valence-corrected chi connectivity index (χ3v) is 4.36. The zero-order valence-electron chi connectivity index (χ0n) is 15.4. The molecule has 1 atom stereocenters. The number of esters is 1. The standard InChI is InChI=1S/C17H29BrN2O5/c1-5-24-13(21)12(8-11-18)19-14(22)17(9-6-7-10-17)20-15(23)25-16(2,3)4/h12H,5-11H2,1-4H3,(H,19,22)(H,20,23)/t12-/m0/s1. The molecule has 25 heavy (non-hydrogen) atoms. The number of alkyl carbamates (subject to hydrolysis) is 1. The van der Waals surface area contributed by atoms with Crippen LogP contribution in [0.4, 0.5) is 4.79 Å². The van der Waals surface area contributed by atoms with Gasteiger partial charge in [0.1, 0.15) is 17.2 Å². The van der Waals surface area contributed by atoms with Gasteiger partial charge in [-0.1, -0.05) is 28.8 Å². The minimum absolute atomic E-state index is 0.245. The molecule has 8 heteroatoms. The Balaban J connectivity index is 2.83. The Morgan fingerprint density at radius 1 is 1.20 bits per heavy atom. The molecule has 0 spiro atoms. The Morgan fingerprint density at radius 3 is 2.28 bits per heavy atom. The van der Waals surface area contributed by atoms with E-state index in [1.807, 2.05) is 0 Å². The number of carbonyl (C=O) groups is 3. The van der Waals surface area contributed by atoms with Crippen LogP contribution in [0.25, 0.3) is 0 Å². The van der Waals surface area contributed by atoms with Gasteiger partial charge < -0.3 is 20.1 Å². The molecule has 1 aliphatic carbocycles. The van der Waals surface area contributed by atoms with Gasteiger partial charge in [0, 0.05) is 5.33 Å². The lowest BCUT2D eigenvalue weighted by Crippen LogP contribution is -2.60. The van der Waals surface area contributed by atoms with Crippen molar-refractivity contribution in [1.29, 1.82) is 0 Å². The molecule has 0 aromatic carbocycles. The number of hydrogen-bond donors (Lipinski definition) is 2. The van der Waals surface area contributed by atoms with Crippen molar-refractivity contribution in [3.63, 3.8) is 0 Å². The minimum atomic E-state index is -1.04. The Morgan fingerprint density at radius 2 is 1.80 bits per heavy atom. The van der Waals surface area contributed by atoms with Crippen LogP contribution in [0, 0.1) is 0 Å². The first-order valence-corrected chi connectivity index (χ1v) is 9.80. The molecule has 2 N–H and O–H groups in total. The number of hydrogen-bond acceptors (Lipinski definition) is 5. The van der Waals surface area contributed by atoms with Gasteiger partial charge in [0.15, 0.2) is 0 Å². The highest BCUT2D eigenvalue weighted by Crippen LogP contribution is 2.30. The molecule has 144 valence electrons. The fourth-order valence-corrected chi connectivity index (χ4v) is 3.24. The smallest absolute Gasteiger partial charge is 0.408 e. The van der Waals surface area contributed by atoms with Crippen molar-refractivity contribution in [2.75, 3.05) is 11.9 Å². The molecule has 1 aliphatic rings. The van der Waals surface area contributed by atoms with Gasteiger partial charge >= 0.3 is 12.1 Å². The third kappa shape index (κ3) is 6.84. The molecule has 0 aromatic rings. The Labute approximate surface area is 157 Å². The maximum Gasteiger partial charge on any atom is 0.408 e. The molecular weight excluding hydrogens is 392 g/mol. The molecule has 0 aromatic heterocycles. The van der Waals surface area contributed by atoms with E-state index < -0.39 is 29.2 Å². The van der Waals surface area contributed by atoms with Crippen LogP contribution in [-0.4, -0.2) is 47.1 Å². The predicted molar refractivity (Wildman–Crippen MR) is 97.5 cm³/mol. The number of alkyl halides is 1. The second-order valence-corrected chi connectivity index (χ2v) is 7.96. The molecule has 0 unspecified atom stereocenters. The van der Waals surface area contributed by atoms with Crippen LogP contribution in [0.15, 0.2) is 0 Å². The molecular formula is C17H29BrN2O5. The van der Waals surface area contributed by atoms with Crippen molar-refractivity contribution in [3.8, 4) is 0 Å². The van der Waals surface area contributed by atoms with Gasteiger partial charge in [-0.15, -0.1) is 0 Å². The largest absolute Gasteiger partial charge is 0.464 e. The highest BCUT2D eigenvalue weighted by Gasteiger charge is 2.44. The van der Waals surface area contributed by atoms with Crippen molar-refractivity contribution in [2.24, 2.45) is 0 Å². The van der Waals surface area contributed by atoms with E-state index in [1.165, 1.54) is 0 Å². The molecule has 0 heterocycles. The van der Waals surface area contributed by atoms with E-state index >= 15 is 0 Å². The van der Waals surface area contributed by atoms with E-state index in [-0.39, 0.29) is 12.5 Å². The lowest BCUT2D eigenvalue weighted by Gasteiger charge is -2.31. The first kappa shape index (κ1) is 21.7. The minimum Gasteiger partial charge on any atom is -0.464 e. The number of nitrogens with one attached hydrogen (secondary N) is 2. The summed E-state index contributed by atoms with van der Waals surface area (Å²) in [5.41, 5.74) is -1.69. The maximum absolute atomic E-state index is 12.9. The summed E-state index contributed by atoms with van der Waals surface area (Å²) in [5.74, 6) is -0.837. The van der Waals surface area contributed by atoms with E-state index in [1.54, 1.807) is 27.7 Å². The molecule has 0 saturated heterocycles. The van der Waals surface area contributed by atoms with Gasteiger partial charge in [-0.3, -0.25) is 4.79 Å². The highest BCUT2D eigenvalue weighted by atomic mass is 79.9. The van der Waals surface area contributed by atoms with Crippen molar-refractivity contribution >= 4 is 33.9 Å². The van der Waals surface area contributed by atoms with Crippen LogP contribution in [0.2, 0.25) is 0 Å². The Bertz CT molecular complexity index is 484. The molecule has 7 nitrogen and oxygen atoms in total. The molecule has 1 fully saturated rings. The second kappa shape index (κ2) is 9.40. The average molecular weight is 421 g/mol. The molecule has 2 amide bonds. The first-order chi connectivity index (χ1) is 11.6. The lowest BCUT2D eigenvalue weighted by molar-refractivity contribution is -0.148. The summed E-state index contributed by atoms with van der Waals surface area (Å²) in [6.45, 7) is 7.25. The quantitative estimate of drug-likeness (QED) is 0.487. The second-order valence-electron chi connectivity index (χ2n) is 7.17. The summed E-state index contributed by atoms with van der Waals surface area (Å²) in [6.07, 6.45) is 2.46. The summed E-state index contributed by atoms with van der Waals surface area (Å²) >= 11 is 3.28. The van der Waals surface area contributed by atoms with Crippen molar-refractivity contribution < 1.29 is 23.9 Å². The predicted octanol–water partition coefficient (Wildman–Crippen LogP) is 2.66. The summed E-state index contributed by atoms with van der Waals surface area (Å²) < 4.78 is 10.3. The van der Waals surface area contributed by atoms with Gasteiger partial charge in [-0.2, -0.15) is 0 Å². The van der Waals surface area contributed by atoms with Crippen LogP contribution in [-0.2, 0) is 19.1 Å². The first-order valence-electron chi connectivity index (χ1n) is 8.68. The molecule has 1 rings (SSSR count). The monoisotopic (exact) mass is 420 g/mol. The van der Waals surface area contributed by atoms with Crippen LogP contribution >= 0.6 is 15.9 Å². The zero-order chi connectivity index (χ0) is 19.1. The Hall–Kier alpha value is -1.31. The summed E-state index contributed by atoms with van der Waals surface area (Å²) in [6, 6.07) is -0.746. The SMILES string of the molecule is CCOC(=O)[C@H](CCBr)NC(=O)C1(NC(=O)OC(C)(C)C)CCCC1. The topological polar surface area (TPSA) is 93.7 Å². The lowest BCUT2D eigenvalue weighted by atomic mass is 9.95. The molecule has 1 saturated carbocycles. The van der Waals surface area contributed by atoms with Crippen LogP contribution < -0.4 is 10.6 Å². The van der Waals surface area contributed by atoms with Crippen molar-refractivity contribution in [1.82, 2.24) is 10.6 Å². The van der Waals surface area contributed by atoms with Gasteiger partial charge in [-0.25, -0.2) is 9.59 Å². The van der Waals surface area contributed by atoms with Gasteiger partial charge in [0.05, 0.1) is 6.61 Å². The van der Waals surface area contributed by atoms with E-state index in [0.29, 0.717) is 24.6 Å². The van der Waals surface area contributed by atoms with E-state index in [0.717, 1.165) is 12.8 Å². The fourth-order valence-electron chi connectivity index (χ4n) is 2.78. The number of rotatable bonds is 7. The van der Waals surface area contributed by atoms with Gasteiger partial charge in [0.25, 0.3) is 0 Å². The maximum atomic E-state index is 12.9. The van der Waals surface area contributed by atoms with Crippen molar-refractivity contribution in [2.45, 2.75) is 77.0 Å². The van der Waals surface area contributed by atoms with E-state index in [9.17, 15) is 14.4 Å². The van der Waals surface area contributed by atoms with Crippen LogP contribution in [0.5, 0.6) is 0 Å². The third-order valence-electron chi connectivity index (χ3n) is 3.91.